The number of aliphatic imine (C=N–C) groups is 1. The second kappa shape index (κ2) is 10.3. The van der Waals surface area contributed by atoms with Gasteiger partial charge in [0.05, 0.1) is 24.3 Å². The van der Waals surface area contributed by atoms with Gasteiger partial charge in [0.25, 0.3) is 0 Å². The van der Waals surface area contributed by atoms with Gasteiger partial charge in [-0.25, -0.2) is 14.6 Å². The fraction of sp³-hybridized carbons (Fsp3) is 0.227. The first kappa shape index (κ1) is 24.0. The number of carboxylic acid groups (broad SMARTS) is 2. The number of rotatable bonds is 9. The van der Waals surface area contributed by atoms with Crippen LogP contribution in [-0.2, 0) is 14.4 Å². The van der Waals surface area contributed by atoms with Crippen LogP contribution in [0.2, 0.25) is 0 Å². The highest BCUT2D eigenvalue weighted by molar-refractivity contribution is 5.91. The zero-order chi connectivity index (χ0) is 24.8. The van der Waals surface area contributed by atoms with Crippen LogP contribution >= 0.6 is 0 Å². The van der Waals surface area contributed by atoms with Crippen LogP contribution < -0.4 is 26.3 Å². The van der Waals surface area contributed by atoms with Gasteiger partial charge >= 0.3 is 17.9 Å². The summed E-state index contributed by atoms with van der Waals surface area (Å²) >= 11 is 0. The smallest absolute Gasteiger partial charge is 0.343 e. The highest BCUT2D eigenvalue weighted by Crippen LogP contribution is 2.38. The Morgan fingerprint density at radius 3 is 2.44 bits per heavy atom. The average Bonchev–Trinajstić information content (AvgIpc) is 3.14. The predicted molar refractivity (Wildman–Crippen MR) is 118 cm³/mol. The minimum Gasteiger partial charge on any atom is -0.492 e. The quantitative estimate of drug-likeness (QED) is 0.150. The van der Waals surface area contributed by atoms with Gasteiger partial charge in [0.2, 0.25) is 5.91 Å². The lowest BCUT2D eigenvalue weighted by Gasteiger charge is -2.14. The van der Waals surface area contributed by atoms with Gasteiger partial charge in [0, 0.05) is 24.0 Å². The fourth-order valence-electron chi connectivity index (χ4n) is 3.33. The first-order chi connectivity index (χ1) is 16.1. The number of aliphatic carboxylic acids is 2. The Morgan fingerprint density at radius 1 is 1.12 bits per heavy atom. The van der Waals surface area contributed by atoms with Crippen molar-refractivity contribution in [2.75, 3.05) is 6.61 Å². The number of fused-ring (bicyclic) bond motifs is 1. The molecule has 2 aromatic carbocycles. The van der Waals surface area contributed by atoms with Crippen molar-refractivity contribution in [3.63, 3.8) is 0 Å². The third-order valence-electron chi connectivity index (χ3n) is 4.88. The first-order valence-corrected chi connectivity index (χ1v) is 10.0. The highest BCUT2D eigenvalue weighted by atomic mass is 16.5. The molecule has 12 nitrogen and oxygen atoms in total. The summed E-state index contributed by atoms with van der Waals surface area (Å²) in [6.45, 7) is 0.156. The summed E-state index contributed by atoms with van der Waals surface area (Å²) in [4.78, 5) is 50.4. The SMILES string of the molecule is NC(N)=Nc1ccc(C(=O)Oc2ccc3c(c2)OC[C@@H]3CC(=O)NC(CC(=O)O)C(=O)O)cc1. The molecule has 0 aromatic heterocycles. The Hall–Kier alpha value is -4.61. The predicted octanol–water partition coefficient (Wildman–Crippen LogP) is 0.721. The van der Waals surface area contributed by atoms with Crippen molar-refractivity contribution in [2.45, 2.75) is 24.8 Å². The monoisotopic (exact) mass is 470 g/mol. The molecule has 0 saturated heterocycles. The number of nitrogens with one attached hydrogen (secondary N) is 1. The molecule has 1 unspecified atom stereocenters. The summed E-state index contributed by atoms with van der Waals surface area (Å²) < 4.78 is 11.0. The lowest BCUT2D eigenvalue weighted by molar-refractivity contribution is -0.147. The van der Waals surface area contributed by atoms with Crippen LogP contribution in [0.4, 0.5) is 5.69 Å². The van der Waals surface area contributed by atoms with E-state index in [0.29, 0.717) is 17.0 Å². The summed E-state index contributed by atoms with van der Waals surface area (Å²) in [6, 6.07) is 9.33. The van der Waals surface area contributed by atoms with Crippen molar-refractivity contribution in [3.05, 3.63) is 53.6 Å². The number of carbonyl (C=O) groups is 4. The van der Waals surface area contributed by atoms with E-state index in [0.717, 1.165) is 0 Å². The van der Waals surface area contributed by atoms with Crippen molar-refractivity contribution in [1.82, 2.24) is 5.32 Å². The van der Waals surface area contributed by atoms with E-state index in [1.54, 1.807) is 24.3 Å². The number of guanidine groups is 1. The maximum absolute atomic E-state index is 12.4. The van der Waals surface area contributed by atoms with Gasteiger partial charge in [-0.1, -0.05) is 6.07 Å². The molecular weight excluding hydrogens is 448 g/mol. The normalized spacial score (nSPS) is 14.8. The van der Waals surface area contributed by atoms with Gasteiger partial charge in [0.1, 0.15) is 17.5 Å². The number of carbonyl (C=O) groups excluding carboxylic acids is 2. The lowest BCUT2D eigenvalue weighted by atomic mass is 9.97. The summed E-state index contributed by atoms with van der Waals surface area (Å²) in [5.41, 5.74) is 12.1. The minimum atomic E-state index is -1.53. The Bertz CT molecular complexity index is 1140. The lowest BCUT2D eigenvalue weighted by Crippen LogP contribution is -2.42. The summed E-state index contributed by atoms with van der Waals surface area (Å²) in [5, 5.41) is 20.1. The van der Waals surface area contributed by atoms with Crippen molar-refractivity contribution in [2.24, 2.45) is 16.5 Å². The maximum Gasteiger partial charge on any atom is 0.343 e. The van der Waals surface area contributed by atoms with E-state index in [9.17, 15) is 19.2 Å². The molecule has 0 aliphatic carbocycles. The van der Waals surface area contributed by atoms with E-state index in [1.165, 1.54) is 18.2 Å². The molecule has 1 heterocycles. The molecule has 2 aromatic rings. The third kappa shape index (κ3) is 6.22. The number of nitrogens with two attached hydrogens (primary N) is 2. The fourth-order valence-corrected chi connectivity index (χ4v) is 3.33. The number of nitrogens with zero attached hydrogens (tertiary/aromatic N) is 1. The molecule has 0 radical (unpaired) electrons. The van der Waals surface area contributed by atoms with Crippen LogP contribution in [0.15, 0.2) is 47.5 Å². The Kier molecular flexibility index (Phi) is 7.31. The van der Waals surface area contributed by atoms with Gasteiger partial charge < -0.3 is 36.5 Å². The zero-order valence-electron chi connectivity index (χ0n) is 17.8. The largest absolute Gasteiger partial charge is 0.492 e. The molecule has 0 saturated carbocycles. The third-order valence-corrected chi connectivity index (χ3v) is 4.88. The number of esters is 1. The Morgan fingerprint density at radius 2 is 1.82 bits per heavy atom. The van der Waals surface area contributed by atoms with E-state index in [1.807, 2.05) is 0 Å². The van der Waals surface area contributed by atoms with Crippen molar-refractivity contribution < 1.29 is 38.9 Å². The molecule has 7 N–H and O–H groups in total. The van der Waals surface area contributed by atoms with E-state index in [4.69, 9.17) is 31.2 Å². The zero-order valence-corrected chi connectivity index (χ0v) is 17.8. The maximum atomic E-state index is 12.4. The summed E-state index contributed by atoms with van der Waals surface area (Å²) in [7, 11) is 0. The van der Waals surface area contributed by atoms with Gasteiger partial charge in [0.15, 0.2) is 5.96 Å². The molecule has 0 fully saturated rings. The van der Waals surface area contributed by atoms with Crippen LogP contribution in [0.1, 0.15) is 34.7 Å². The van der Waals surface area contributed by atoms with E-state index in [-0.39, 0.29) is 36.2 Å². The van der Waals surface area contributed by atoms with E-state index >= 15 is 0 Å². The van der Waals surface area contributed by atoms with Crippen LogP contribution in [0.5, 0.6) is 11.5 Å². The number of hydrogen-bond acceptors (Lipinski definition) is 7. The number of amides is 1. The number of hydrogen-bond donors (Lipinski definition) is 5. The number of benzene rings is 2. The van der Waals surface area contributed by atoms with Crippen molar-refractivity contribution >= 4 is 35.5 Å². The number of ether oxygens (including phenoxy) is 2. The summed E-state index contributed by atoms with van der Waals surface area (Å²) in [5.74, 6) is -3.82. The molecule has 2 atom stereocenters. The molecule has 178 valence electrons. The molecule has 0 spiro atoms. The molecule has 0 bridgehead atoms. The van der Waals surface area contributed by atoms with E-state index in [2.05, 4.69) is 10.3 Å². The van der Waals surface area contributed by atoms with Crippen LogP contribution in [0.25, 0.3) is 0 Å². The molecular formula is C22H22N4O8. The number of carboxylic acids is 2. The highest BCUT2D eigenvalue weighted by Gasteiger charge is 2.29. The Balaban J connectivity index is 1.62. The standard InChI is InChI=1S/C22H22N4O8/c23-22(24)25-13-3-1-11(2-4-13)21(32)34-14-5-6-15-12(10-33-17(15)8-14)7-18(27)26-16(20(30)31)9-19(28)29/h1-6,8,12,16H,7,9-10H2,(H,26,27)(H,28,29)(H,30,31)(H4,23,24,25)/t12-,16?/m0/s1. The molecule has 1 aliphatic heterocycles. The molecule has 3 rings (SSSR count). The molecule has 1 amide bonds. The van der Waals surface area contributed by atoms with Crippen LogP contribution in [0.3, 0.4) is 0 Å². The Labute approximate surface area is 193 Å². The topological polar surface area (TPSA) is 204 Å². The summed E-state index contributed by atoms with van der Waals surface area (Å²) in [6.07, 6.45) is -0.831. The second-order valence-electron chi connectivity index (χ2n) is 7.44. The van der Waals surface area contributed by atoms with Crippen molar-refractivity contribution in [3.8, 4) is 11.5 Å². The van der Waals surface area contributed by atoms with E-state index < -0.39 is 36.3 Å². The molecule has 34 heavy (non-hydrogen) atoms. The van der Waals surface area contributed by atoms with Gasteiger partial charge in [-0.3, -0.25) is 9.59 Å². The van der Waals surface area contributed by atoms with Crippen LogP contribution in [0, 0.1) is 0 Å². The second-order valence-corrected chi connectivity index (χ2v) is 7.44. The molecule has 12 heteroatoms. The minimum absolute atomic E-state index is 0.0995. The van der Waals surface area contributed by atoms with Gasteiger partial charge in [-0.2, -0.15) is 0 Å². The van der Waals surface area contributed by atoms with Gasteiger partial charge in [-0.15, -0.1) is 0 Å². The van der Waals surface area contributed by atoms with Gasteiger partial charge in [-0.05, 0) is 30.3 Å². The van der Waals surface area contributed by atoms with Crippen LogP contribution in [-0.4, -0.2) is 52.6 Å². The first-order valence-electron chi connectivity index (χ1n) is 10.0. The van der Waals surface area contributed by atoms with Crippen molar-refractivity contribution in [1.29, 1.82) is 0 Å². The molecule has 1 aliphatic rings. The average molecular weight is 470 g/mol.